The van der Waals surface area contributed by atoms with Gasteiger partial charge in [0.2, 0.25) is 10.0 Å². The van der Waals surface area contributed by atoms with Gasteiger partial charge in [0, 0.05) is 17.1 Å². The second-order valence-electron chi connectivity index (χ2n) is 3.95. The van der Waals surface area contributed by atoms with Crippen LogP contribution in [0, 0.1) is 0 Å². The lowest BCUT2D eigenvalue weighted by Gasteiger charge is -2.02. The molecule has 0 atom stereocenters. The Kier molecular flexibility index (Phi) is 4.97. The van der Waals surface area contributed by atoms with Gasteiger partial charge in [-0.05, 0) is 22.4 Å². The number of rotatable bonds is 6. The first-order valence-corrected chi connectivity index (χ1v) is 8.97. The Hall–Kier alpha value is -0.740. The predicted molar refractivity (Wildman–Crippen MR) is 79.8 cm³/mol. The Bertz CT molecular complexity index is 694. The first-order valence-electron chi connectivity index (χ1n) is 5.87. The van der Waals surface area contributed by atoms with E-state index in [1.54, 1.807) is 6.20 Å². The molecule has 0 spiro atoms. The molecule has 0 amide bonds. The molecule has 2 heterocycles. The topological polar surface area (TPSA) is 98.2 Å². The van der Waals surface area contributed by atoms with Crippen molar-refractivity contribution >= 4 is 37.3 Å². The monoisotopic (exact) mass is 379 g/mol. The van der Waals surface area contributed by atoms with Gasteiger partial charge in [-0.2, -0.15) is 0 Å². The molecule has 110 valence electrons. The number of nitrogens with two attached hydrogens (primary N) is 1. The normalized spacial score (nSPS) is 11.9. The average Bonchev–Trinajstić information content (AvgIpc) is 3.02. The van der Waals surface area contributed by atoms with E-state index in [4.69, 9.17) is 10.2 Å². The highest BCUT2D eigenvalue weighted by Crippen LogP contribution is 2.26. The van der Waals surface area contributed by atoms with Gasteiger partial charge in [-0.15, -0.1) is 11.3 Å². The molecule has 2 aromatic heterocycles. The van der Waals surface area contributed by atoms with Gasteiger partial charge in [0.1, 0.15) is 15.7 Å². The average molecular weight is 380 g/mol. The third-order valence-corrected chi connectivity index (χ3v) is 5.96. The van der Waals surface area contributed by atoms with Crippen molar-refractivity contribution in [2.24, 2.45) is 5.73 Å². The van der Waals surface area contributed by atoms with E-state index in [9.17, 15) is 8.42 Å². The van der Waals surface area contributed by atoms with E-state index in [0.717, 1.165) is 16.3 Å². The summed E-state index contributed by atoms with van der Waals surface area (Å²) in [6, 6.07) is 1.41. The molecule has 2 rings (SSSR count). The van der Waals surface area contributed by atoms with Crippen LogP contribution in [-0.4, -0.2) is 13.4 Å². The van der Waals surface area contributed by atoms with E-state index < -0.39 is 10.0 Å². The maximum absolute atomic E-state index is 12.2. The van der Waals surface area contributed by atoms with Crippen molar-refractivity contribution in [3.8, 4) is 0 Å². The first kappa shape index (κ1) is 15.6. The van der Waals surface area contributed by atoms with Gasteiger partial charge < -0.3 is 10.2 Å². The number of hydrogen-bond donors (Lipinski definition) is 2. The third-order valence-electron chi connectivity index (χ3n) is 2.56. The highest BCUT2D eigenvalue weighted by molar-refractivity contribution is 9.10. The largest absolute Gasteiger partial charge is 0.452 e. The molecule has 0 unspecified atom stereocenters. The van der Waals surface area contributed by atoms with Gasteiger partial charge >= 0.3 is 0 Å². The number of halogens is 1. The Morgan fingerprint density at radius 3 is 2.85 bits per heavy atom. The Morgan fingerprint density at radius 2 is 2.30 bits per heavy atom. The minimum atomic E-state index is -3.66. The predicted octanol–water partition coefficient (Wildman–Crippen LogP) is 2.00. The van der Waals surface area contributed by atoms with Crippen LogP contribution in [0.5, 0.6) is 0 Å². The highest BCUT2D eigenvalue weighted by atomic mass is 79.9. The van der Waals surface area contributed by atoms with Crippen LogP contribution in [0.25, 0.3) is 0 Å². The van der Waals surface area contributed by atoms with Crippen molar-refractivity contribution in [2.75, 3.05) is 0 Å². The number of furan rings is 1. The fourth-order valence-electron chi connectivity index (χ4n) is 1.51. The summed E-state index contributed by atoms with van der Waals surface area (Å²) in [5.74, 6) is 0.403. The molecule has 0 fully saturated rings. The molecule has 0 aliphatic rings. The molecule has 2 aromatic rings. The molecule has 0 saturated carbocycles. The van der Waals surface area contributed by atoms with Gasteiger partial charge in [0.25, 0.3) is 0 Å². The van der Waals surface area contributed by atoms with Crippen LogP contribution < -0.4 is 10.5 Å². The Balaban J connectivity index is 2.12. The second kappa shape index (κ2) is 6.35. The summed E-state index contributed by atoms with van der Waals surface area (Å²) in [4.78, 5) is 5.33. The molecular weight excluding hydrogens is 366 g/mol. The molecule has 0 aromatic carbocycles. The number of nitrogens with one attached hydrogen (secondary N) is 1. The smallest absolute Gasteiger partial charge is 0.245 e. The summed E-state index contributed by atoms with van der Waals surface area (Å²) in [5, 5.41) is 0.726. The Labute approximate surface area is 129 Å². The van der Waals surface area contributed by atoms with Crippen molar-refractivity contribution in [3.63, 3.8) is 0 Å². The highest BCUT2D eigenvalue weighted by Gasteiger charge is 2.22. The minimum Gasteiger partial charge on any atom is -0.452 e. The van der Waals surface area contributed by atoms with Crippen molar-refractivity contribution in [1.29, 1.82) is 0 Å². The van der Waals surface area contributed by atoms with Crippen LogP contribution in [0.1, 0.15) is 22.6 Å². The molecule has 0 bridgehead atoms. The summed E-state index contributed by atoms with van der Waals surface area (Å²) in [5.41, 5.74) is 5.42. The number of aromatic nitrogens is 1. The van der Waals surface area contributed by atoms with Crippen LogP contribution >= 0.6 is 27.3 Å². The summed E-state index contributed by atoms with van der Waals surface area (Å²) >= 11 is 4.57. The van der Waals surface area contributed by atoms with Gasteiger partial charge in [-0.1, -0.05) is 6.92 Å². The van der Waals surface area contributed by atoms with E-state index in [0.29, 0.717) is 5.76 Å². The van der Waals surface area contributed by atoms with Crippen molar-refractivity contribution in [1.82, 2.24) is 9.71 Å². The number of sulfonamides is 1. The fourth-order valence-corrected chi connectivity index (χ4v) is 4.39. The molecule has 9 heteroatoms. The standard InChI is InChI=1S/C11H14BrN3O3S2/c1-2-8-5-14-10(19-8)6-15-20(16,17)9-3-7(4-13)18-11(9)12/h3,5,15H,2,4,6,13H2,1H3. The molecular formula is C11H14BrN3O3S2. The maximum Gasteiger partial charge on any atom is 0.245 e. The van der Waals surface area contributed by atoms with Crippen molar-refractivity contribution in [2.45, 2.75) is 31.3 Å². The van der Waals surface area contributed by atoms with E-state index in [2.05, 4.69) is 25.6 Å². The van der Waals surface area contributed by atoms with Crippen LogP contribution in [0.2, 0.25) is 0 Å². The number of nitrogens with zero attached hydrogens (tertiary/aromatic N) is 1. The first-order chi connectivity index (χ1) is 9.46. The maximum atomic E-state index is 12.2. The molecule has 3 N–H and O–H groups in total. The summed E-state index contributed by atoms with van der Waals surface area (Å²) < 4.78 is 32.2. The minimum absolute atomic E-state index is 0.0465. The molecule has 0 saturated heterocycles. The second-order valence-corrected chi connectivity index (χ2v) is 7.61. The lowest BCUT2D eigenvalue weighted by molar-refractivity contribution is 0.483. The van der Waals surface area contributed by atoms with Crippen molar-refractivity contribution < 1.29 is 12.8 Å². The van der Waals surface area contributed by atoms with Gasteiger partial charge in [0.05, 0.1) is 13.1 Å². The molecule has 0 radical (unpaired) electrons. The lowest BCUT2D eigenvalue weighted by atomic mass is 10.4. The number of hydrogen-bond acceptors (Lipinski definition) is 6. The van der Waals surface area contributed by atoms with Gasteiger partial charge in [-0.25, -0.2) is 18.1 Å². The zero-order valence-corrected chi connectivity index (χ0v) is 13.9. The third kappa shape index (κ3) is 3.47. The van der Waals surface area contributed by atoms with E-state index >= 15 is 0 Å². The summed E-state index contributed by atoms with van der Waals surface area (Å²) in [6.45, 7) is 2.32. The Morgan fingerprint density at radius 1 is 1.55 bits per heavy atom. The summed E-state index contributed by atoms with van der Waals surface area (Å²) in [6.07, 6.45) is 2.64. The molecule has 20 heavy (non-hydrogen) atoms. The van der Waals surface area contributed by atoms with Crippen molar-refractivity contribution in [3.05, 3.63) is 32.6 Å². The fraction of sp³-hybridized carbons (Fsp3) is 0.364. The molecule has 0 aliphatic carbocycles. The van der Waals surface area contributed by atoms with Crippen LogP contribution in [0.15, 0.2) is 26.2 Å². The molecule has 6 nitrogen and oxygen atoms in total. The van der Waals surface area contributed by atoms with Crippen LogP contribution in [-0.2, 0) is 29.5 Å². The van der Waals surface area contributed by atoms with Gasteiger partial charge in [0.15, 0.2) is 4.67 Å². The number of aryl methyl sites for hydroxylation is 1. The zero-order valence-electron chi connectivity index (χ0n) is 10.7. The van der Waals surface area contributed by atoms with E-state index in [1.807, 2.05) is 6.92 Å². The quantitative estimate of drug-likeness (QED) is 0.799. The van der Waals surface area contributed by atoms with E-state index in [1.165, 1.54) is 17.4 Å². The van der Waals surface area contributed by atoms with E-state index in [-0.39, 0.29) is 22.7 Å². The molecule has 0 aliphatic heterocycles. The van der Waals surface area contributed by atoms with Crippen LogP contribution in [0.3, 0.4) is 0 Å². The lowest BCUT2D eigenvalue weighted by Crippen LogP contribution is -2.23. The number of thiazole rings is 1. The zero-order chi connectivity index (χ0) is 14.8. The van der Waals surface area contributed by atoms with Gasteiger partial charge in [-0.3, -0.25) is 0 Å². The van der Waals surface area contributed by atoms with Crippen LogP contribution in [0.4, 0.5) is 0 Å². The SMILES string of the molecule is CCc1cnc(CNS(=O)(=O)c2cc(CN)oc2Br)s1. The summed E-state index contributed by atoms with van der Waals surface area (Å²) in [7, 11) is -3.66.